The van der Waals surface area contributed by atoms with Crippen LogP contribution >= 0.6 is 23.4 Å². The Bertz CT molecular complexity index is 583. The first-order valence-electron chi connectivity index (χ1n) is 8.06. The molecule has 0 aromatic heterocycles. The predicted octanol–water partition coefficient (Wildman–Crippen LogP) is 2.40. The second-order valence-corrected chi connectivity index (χ2v) is 8.14. The van der Waals surface area contributed by atoms with Gasteiger partial charge in [-0.15, -0.1) is 0 Å². The summed E-state index contributed by atoms with van der Waals surface area (Å²) in [5.74, 6) is 2.58. The molecule has 1 aromatic carbocycles. The molecule has 0 amide bonds. The van der Waals surface area contributed by atoms with Crippen LogP contribution in [0.25, 0.3) is 0 Å². The van der Waals surface area contributed by atoms with E-state index in [-0.39, 0.29) is 5.41 Å². The van der Waals surface area contributed by atoms with Crippen molar-refractivity contribution >= 4 is 29.3 Å². The van der Waals surface area contributed by atoms with Gasteiger partial charge >= 0.3 is 0 Å². The van der Waals surface area contributed by atoms with Crippen LogP contribution in [0.2, 0.25) is 5.02 Å². The van der Waals surface area contributed by atoms with Gasteiger partial charge in [0.2, 0.25) is 0 Å². The van der Waals surface area contributed by atoms with Crippen molar-refractivity contribution in [2.24, 2.45) is 4.99 Å². The Kier molecular flexibility index (Phi) is 5.09. The van der Waals surface area contributed by atoms with Crippen LogP contribution in [0.5, 0.6) is 0 Å². The number of guanidine groups is 1. The van der Waals surface area contributed by atoms with Gasteiger partial charge in [-0.1, -0.05) is 23.7 Å². The number of halogens is 1. The normalized spacial score (nSPS) is 26.1. The molecule has 2 fully saturated rings. The van der Waals surface area contributed by atoms with Gasteiger partial charge < -0.3 is 15.7 Å². The van der Waals surface area contributed by atoms with Crippen LogP contribution in [0.15, 0.2) is 29.3 Å². The Labute approximate surface area is 147 Å². The molecule has 1 heterocycles. The summed E-state index contributed by atoms with van der Waals surface area (Å²) in [4.78, 5) is 4.27. The predicted molar refractivity (Wildman–Crippen MR) is 98.6 cm³/mol. The van der Waals surface area contributed by atoms with Crippen LogP contribution in [0.4, 0.5) is 0 Å². The summed E-state index contributed by atoms with van der Waals surface area (Å²) in [7, 11) is 1.77. The van der Waals surface area contributed by atoms with Gasteiger partial charge in [0.1, 0.15) is 0 Å². The molecule has 6 heteroatoms. The van der Waals surface area contributed by atoms with Gasteiger partial charge in [0, 0.05) is 36.3 Å². The first-order valence-corrected chi connectivity index (χ1v) is 9.59. The van der Waals surface area contributed by atoms with Gasteiger partial charge in [-0.2, -0.15) is 11.8 Å². The second-order valence-electron chi connectivity index (χ2n) is 6.60. The van der Waals surface area contributed by atoms with Crippen molar-refractivity contribution in [2.75, 3.05) is 31.6 Å². The minimum absolute atomic E-state index is 0.169. The summed E-state index contributed by atoms with van der Waals surface area (Å²) in [6.07, 6.45) is 3.17. The van der Waals surface area contributed by atoms with Crippen molar-refractivity contribution in [3.8, 4) is 0 Å². The number of nitrogens with one attached hydrogen (secondary N) is 2. The highest BCUT2D eigenvalue weighted by Gasteiger charge is 2.44. The lowest BCUT2D eigenvalue weighted by molar-refractivity contribution is 0.0724. The Morgan fingerprint density at radius 3 is 2.70 bits per heavy atom. The van der Waals surface area contributed by atoms with E-state index in [4.69, 9.17) is 11.6 Å². The van der Waals surface area contributed by atoms with Crippen molar-refractivity contribution in [3.05, 3.63) is 34.9 Å². The molecule has 2 aliphatic rings. The molecule has 1 saturated carbocycles. The average molecular weight is 354 g/mol. The van der Waals surface area contributed by atoms with E-state index in [1.807, 2.05) is 12.1 Å². The summed E-state index contributed by atoms with van der Waals surface area (Å²) < 4.78 is 0. The fourth-order valence-corrected chi connectivity index (χ4v) is 4.48. The van der Waals surface area contributed by atoms with Crippen molar-refractivity contribution in [3.63, 3.8) is 0 Å². The lowest BCUT2D eigenvalue weighted by atomic mass is 9.96. The monoisotopic (exact) mass is 353 g/mol. The number of nitrogens with zero attached hydrogens (tertiary/aromatic N) is 1. The minimum atomic E-state index is -0.605. The highest BCUT2D eigenvalue weighted by atomic mass is 35.5. The van der Waals surface area contributed by atoms with Gasteiger partial charge in [-0.25, -0.2) is 0 Å². The number of rotatable bonds is 5. The van der Waals surface area contributed by atoms with Crippen LogP contribution in [0, 0.1) is 0 Å². The zero-order chi connectivity index (χ0) is 16.3. The van der Waals surface area contributed by atoms with Gasteiger partial charge in [-0.05, 0) is 42.7 Å². The van der Waals surface area contributed by atoms with E-state index in [1.54, 1.807) is 18.8 Å². The minimum Gasteiger partial charge on any atom is -0.387 e. The van der Waals surface area contributed by atoms with Gasteiger partial charge in [0.05, 0.1) is 5.60 Å². The summed E-state index contributed by atoms with van der Waals surface area (Å²) in [5.41, 5.74) is 0.855. The molecule has 1 unspecified atom stereocenters. The zero-order valence-corrected chi connectivity index (χ0v) is 15.0. The molecule has 4 nitrogen and oxygen atoms in total. The molecule has 0 radical (unpaired) electrons. The Morgan fingerprint density at radius 1 is 1.30 bits per heavy atom. The van der Waals surface area contributed by atoms with Crippen molar-refractivity contribution in [1.29, 1.82) is 0 Å². The molecule has 3 N–H and O–H groups in total. The van der Waals surface area contributed by atoms with Crippen molar-refractivity contribution in [1.82, 2.24) is 10.6 Å². The van der Waals surface area contributed by atoms with Crippen LogP contribution < -0.4 is 10.6 Å². The molecular weight excluding hydrogens is 330 g/mol. The topological polar surface area (TPSA) is 56.7 Å². The van der Waals surface area contributed by atoms with E-state index < -0.39 is 5.60 Å². The number of hydrogen-bond donors (Lipinski definition) is 3. The van der Waals surface area contributed by atoms with Crippen molar-refractivity contribution in [2.45, 2.75) is 30.3 Å². The zero-order valence-electron chi connectivity index (χ0n) is 13.4. The third kappa shape index (κ3) is 4.14. The van der Waals surface area contributed by atoms with Crippen LogP contribution in [0.1, 0.15) is 24.8 Å². The molecule has 1 aromatic rings. The van der Waals surface area contributed by atoms with Gasteiger partial charge in [0.15, 0.2) is 5.96 Å². The van der Waals surface area contributed by atoms with E-state index in [0.717, 1.165) is 48.3 Å². The van der Waals surface area contributed by atoms with Crippen LogP contribution in [0.3, 0.4) is 0 Å². The Hall–Kier alpha value is -0.910. The lowest BCUT2D eigenvalue weighted by Crippen LogP contribution is -2.48. The molecule has 126 valence electrons. The maximum atomic E-state index is 10.4. The third-order valence-corrected chi connectivity index (χ3v) is 6.25. The first-order chi connectivity index (χ1) is 11.1. The van der Waals surface area contributed by atoms with E-state index >= 15 is 0 Å². The Balaban J connectivity index is 1.54. The molecule has 3 rings (SSSR count). The van der Waals surface area contributed by atoms with E-state index in [1.165, 1.54) is 5.56 Å². The molecule has 0 spiro atoms. The molecule has 0 bridgehead atoms. The molecule has 1 aliphatic heterocycles. The highest BCUT2D eigenvalue weighted by molar-refractivity contribution is 7.99. The Morgan fingerprint density at radius 2 is 2.09 bits per heavy atom. The smallest absolute Gasteiger partial charge is 0.191 e. The molecule has 1 saturated heterocycles. The molecule has 23 heavy (non-hydrogen) atoms. The number of aliphatic imine (C=N–C) groups is 1. The highest BCUT2D eigenvalue weighted by Crippen LogP contribution is 2.48. The number of benzene rings is 1. The number of aliphatic hydroxyl groups is 1. The summed E-state index contributed by atoms with van der Waals surface area (Å²) in [6, 6.07) is 8.13. The fourth-order valence-electron chi connectivity index (χ4n) is 2.99. The maximum absolute atomic E-state index is 10.4. The second kappa shape index (κ2) is 6.91. The molecule has 1 atom stereocenters. The largest absolute Gasteiger partial charge is 0.387 e. The molecular formula is C17H24ClN3OS. The van der Waals surface area contributed by atoms with E-state index in [9.17, 15) is 5.11 Å². The van der Waals surface area contributed by atoms with Crippen LogP contribution in [-0.2, 0) is 5.41 Å². The molecule has 1 aliphatic carbocycles. The fraction of sp³-hybridized carbons (Fsp3) is 0.588. The number of thioether (sulfide) groups is 1. The average Bonchev–Trinajstić information content (AvgIpc) is 3.22. The van der Waals surface area contributed by atoms with Crippen molar-refractivity contribution < 1.29 is 5.11 Å². The van der Waals surface area contributed by atoms with Gasteiger partial charge in [-0.3, -0.25) is 4.99 Å². The van der Waals surface area contributed by atoms with E-state index in [0.29, 0.717) is 6.54 Å². The quantitative estimate of drug-likeness (QED) is 0.562. The maximum Gasteiger partial charge on any atom is 0.191 e. The van der Waals surface area contributed by atoms with Crippen LogP contribution in [-0.4, -0.2) is 48.3 Å². The summed E-state index contributed by atoms with van der Waals surface area (Å²) in [5, 5.41) is 17.9. The van der Waals surface area contributed by atoms with E-state index in [2.05, 4.69) is 27.8 Å². The van der Waals surface area contributed by atoms with Gasteiger partial charge in [0.25, 0.3) is 0 Å². The summed E-state index contributed by atoms with van der Waals surface area (Å²) >= 11 is 7.92. The SMILES string of the molecule is CN=C(NCC1(O)CCSC1)NCC1(c2cccc(Cl)c2)CC1. The first kappa shape index (κ1) is 16.9. The number of hydrogen-bond acceptors (Lipinski definition) is 3. The third-order valence-electron chi connectivity index (χ3n) is 4.78. The lowest BCUT2D eigenvalue weighted by Gasteiger charge is -2.24. The summed E-state index contributed by atoms with van der Waals surface area (Å²) in [6.45, 7) is 1.38. The standard InChI is InChI=1S/C17H24ClN3OS/c1-19-15(21-11-17(22)7-8-23-12-17)20-10-16(5-6-16)13-3-2-4-14(18)9-13/h2-4,9,22H,5-8,10-12H2,1H3,(H2,19,20,21).